The third kappa shape index (κ3) is 2.73. The predicted octanol–water partition coefficient (Wildman–Crippen LogP) is 3.63. The van der Waals surface area contributed by atoms with Crippen LogP contribution in [0.5, 0.6) is 0 Å². The zero-order chi connectivity index (χ0) is 13.2. The minimum Gasteiger partial charge on any atom is -0.378 e. The van der Waals surface area contributed by atoms with Crippen LogP contribution in [0.4, 0.5) is 5.69 Å². The zero-order valence-electron chi connectivity index (χ0n) is 10.4. The van der Waals surface area contributed by atoms with Gasteiger partial charge in [0.1, 0.15) is 0 Å². The topological polar surface area (TPSA) is 44.9 Å². The van der Waals surface area contributed by atoms with Crippen LogP contribution in [-0.4, -0.2) is 4.98 Å². The van der Waals surface area contributed by atoms with Gasteiger partial charge in [0.2, 0.25) is 5.56 Å². The number of aryl methyl sites for hydroxylation is 1. The fraction of sp³-hybridized carbons (Fsp3) is 0.267. The van der Waals surface area contributed by atoms with Crippen molar-refractivity contribution >= 4 is 21.6 Å². The van der Waals surface area contributed by atoms with Crippen LogP contribution >= 0.6 is 15.9 Å². The lowest BCUT2D eigenvalue weighted by molar-refractivity contribution is 0.587. The molecule has 4 heteroatoms. The Labute approximate surface area is 120 Å². The van der Waals surface area contributed by atoms with E-state index in [9.17, 15) is 4.79 Å². The lowest BCUT2D eigenvalue weighted by atomic mass is 9.91. The van der Waals surface area contributed by atoms with E-state index in [1.807, 2.05) is 18.2 Å². The lowest BCUT2D eigenvalue weighted by Crippen LogP contribution is -2.21. The first kappa shape index (κ1) is 12.5. The molecule has 0 spiro atoms. The summed E-state index contributed by atoms with van der Waals surface area (Å²) in [4.78, 5) is 14.3. The average Bonchev–Trinajstić information content (AvgIpc) is 2.41. The molecule has 0 radical (unpaired) electrons. The van der Waals surface area contributed by atoms with Crippen molar-refractivity contribution < 1.29 is 0 Å². The summed E-state index contributed by atoms with van der Waals surface area (Å²) in [5.41, 5.74) is 3.39. The summed E-state index contributed by atoms with van der Waals surface area (Å²) < 4.78 is 1.08. The molecule has 98 valence electrons. The van der Waals surface area contributed by atoms with Gasteiger partial charge in [-0.1, -0.05) is 15.9 Å². The smallest absolute Gasteiger partial charge is 0.248 e. The van der Waals surface area contributed by atoms with Crippen LogP contribution in [0.25, 0.3) is 0 Å². The van der Waals surface area contributed by atoms with E-state index in [0.717, 1.165) is 35.1 Å². The molecule has 1 aliphatic rings. The fourth-order valence-electron chi connectivity index (χ4n) is 2.60. The molecule has 0 fully saturated rings. The van der Waals surface area contributed by atoms with Crippen LogP contribution in [-0.2, 0) is 6.42 Å². The van der Waals surface area contributed by atoms with Crippen molar-refractivity contribution in [3.8, 4) is 0 Å². The third-order valence-corrected chi connectivity index (χ3v) is 4.05. The van der Waals surface area contributed by atoms with Gasteiger partial charge in [0.15, 0.2) is 0 Å². The van der Waals surface area contributed by atoms with Gasteiger partial charge in [-0.3, -0.25) is 4.79 Å². The van der Waals surface area contributed by atoms with Gasteiger partial charge < -0.3 is 10.3 Å². The maximum atomic E-state index is 11.4. The number of H-pyrrole nitrogens is 1. The van der Waals surface area contributed by atoms with Crippen molar-refractivity contribution in [2.45, 2.75) is 25.3 Å². The average molecular weight is 319 g/mol. The summed E-state index contributed by atoms with van der Waals surface area (Å²) in [5.74, 6) is 0. The van der Waals surface area contributed by atoms with Crippen LogP contribution in [0.1, 0.15) is 30.1 Å². The Kier molecular flexibility index (Phi) is 3.42. The molecule has 1 aliphatic carbocycles. The number of pyridine rings is 1. The molecule has 2 N–H and O–H groups in total. The molecule has 19 heavy (non-hydrogen) atoms. The van der Waals surface area contributed by atoms with Crippen LogP contribution in [0.3, 0.4) is 0 Å². The van der Waals surface area contributed by atoms with Gasteiger partial charge in [-0.25, -0.2) is 0 Å². The predicted molar refractivity (Wildman–Crippen MR) is 80.5 cm³/mol. The zero-order valence-corrected chi connectivity index (χ0v) is 12.0. The maximum absolute atomic E-state index is 11.4. The van der Waals surface area contributed by atoms with E-state index in [1.165, 1.54) is 5.56 Å². The van der Waals surface area contributed by atoms with E-state index in [-0.39, 0.29) is 11.6 Å². The highest BCUT2D eigenvalue weighted by Crippen LogP contribution is 2.31. The van der Waals surface area contributed by atoms with Crippen molar-refractivity contribution in [3.05, 3.63) is 62.5 Å². The first-order valence-electron chi connectivity index (χ1n) is 6.46. The highest BCUT2D eigenvalue weighted by Gasteiger charge is 2.20. The molecule has 1 unspecified atom stereocenters. The van der Waals surface area contributed by atoms with E-state index >= 15 is 0 Å². The monoisotopic (exact) mass is 318 g/mol. The van der Waals surface area contributed by atoms with Crippen molar-refractivity contribution in [3.63, 3.8) is 0 Å². The van der Waals surface area contributed by atoms with E-state index in [1.54, 1.807) is 6.07 Å². The van der Waals surface area contributed by atoms with Gasteiger partial charge in [0.05, 0.1) is 6.04 Å². The van der Waals surface area contributed by atoms with E-state index in [0.29, 0.717) is 0 Å². The number of fused-ring (bicyclic) bond motifs is 1. The molecule has 1 heterocycles. The van der Waals surface area contributed by atoms with Gasteiger partial charge in [-0.15, -0.1) is 0 Å². The number of benzene rings is 1. The van der Waals surface area contributed by atoms with Crippen molar-refractivity contribution in [2.75, 3.05) is 5.32 Å². The van der Waals surface area contributed by atoms with Crippen molar-refractivity contribution in [1.29, 1.82) is 0 Å². The number of aromatic nitrogens is 1. The molecule has 0 saturated carbocycles. The lowest BCUT2D eigenvalue weighted by Gasteiger charge is -2.26. The van der Waals surface area contributed by atoms with Gasteiger partial charge >= 0.3 is 0 Å². The molecular formula is C15H15BrN2O. The number of hydrogen-bond donors (Lipinski definition) is 2. The first-order valence-corrected chi connectivity index (χ1v) is 7.26. The standard InChI is InChI=1S/C15H15BrN2O/c16-10-4-6-11(7-5-10)17-13-2-1-3-14-12(13)8-9-15(19)18-14/h4-9,13,17H,1-3H2,(H,18,19). The van der Waals surface area contributed by atoms with E-state index in [2.05, 4.69) is 38.4 Å². The highest BCUT2D eigenvalue weighted by molar-refractivity contribution is 9.10. The van der Waals surface area contributed by atoms with Crippen LogP contribution < -0.4 is 10.9 Å². The Hall–Kier alpha value is -1.55. The molecule has 2 aromatic rings. The molecule has 0 bridgehead atoms. The molecule has 0 aliphatic heterocycles. The van der Waals surface area contributed by atoms with Crippen LogP contribution in [0, 0.1) is 0 Å². The fourth-order valence-corrected chi connectivity index (χ4v) is 2.86. The highest BCUT2D eigenvalue weighted by atomic mass is 79.9. The number of halogens is 1. The van der Waals surface area contributed by atoms with Crippen LogP contribution in [0.2, 0.25) is 0 Å². The molecule has 0 saturated heterocycles. The Morgan fingerprint density at radius 1 is 1.16 bits per heavy atom. The van der Waals surface area contributed by atoms with Gasteiger partial charge in [-0.05, 0) is 55.2 Å². The number of aromatic amines is 1. The van der Waals surface area contributed by atoms with Gasteiger partial charge in [0.25, 0.3) is 0 Å². The number of nitrogens with one attached hydrogen (secondary N) is 2. The SMILES string of the molecule is O=c1ccc2c([nH]1)CCCC2Nc1ccc(Br)cc1. The van der Waals surface area contributed by atoms with Gasteiger partial charge in [-0.2, -0.15) is 0 Å². The molecule has 1 aromatic carbocycles. The summed E-state index contributed by atoms with van der Waals surface area (Å²) in [6.07, 6.45) is 3.15. The third-order valence-electron chi connectivity index (χ3n) is 3.52. The Bertz CT molecular complexity index is 633. The second-order valence-corrected chi connectivity index (χ2v) is 5.77. The number of rotatable bonds is 2. The molecule has 1 atom stereocenters. The van der Waals surface area contributed by atoms with Crippen molar-refractivity contribution in [2.24, 2.45) is 0 Å². The second-order valence-electron chi connectivity index (χ2n) is 4.85. The maximum Gasteiger partial charge on any atom is 0.248 e. The molecular weight excluding hydrogens is 304 g/mol. The Morgan fingerprint density at radius 3 is 2.74 bits per heavy atom. The largest absolute Gasteiger partial charge is 0.378 e. The molecule has 3 rings (SSSR count). The summed E-state index contributed by atoms with van der Waals surface area (Å²) in [6.45, 7) is 0. The summed E-state index contributed by atoms with van der Waals surface area (Å²) in [6, 6.07) is 12.0. The van der Waals surface area contributed by atoms with Crippen molar-refractivity contribution in [1.82, 2.24) is 4.98 Å². The molecule has 0 amide bonds. The van der Waals surface area contributed by atoms with E-state index in [4.69, 9.17) is 0 Å². The normalized spacial score (nSPS) is 17.8. The van der Waals surface area contributed by atoms with E-state index < -0.39 is 0 Å². The van der Waals surface area contributed by atoms with Crippen LogP contribution in [0.15, 0.2) is 45.7 Å². The Morgan fingerprint density at radius 2 is 1.95 bits per heavy atom. The first-order chi connectivity index (χ1) is 9.22. The second kappa shape index (κ2) is 5.21. The minimum absolute atomic E-state index is 0.0111. The van der Waals surface area contributed by atoms with Gasteiger partial charge in [0, 0.05) is 21.9 Å². The molecule has 1 aromatic heterocycles. The minimum atomic E-state index is -0.0111. The quantitative estimate of drug-likeness (QED) is 0.888. The number of hydrogen-bond acceptors (Lipinski definition) is 2. The number of anilines is 1. The molecule has 3 nitrogen and oxygen atoms in total. The summed E-state index contributed by atoms with van der Waals surface area (Å²) in [5, 5.41) is 3.54. The Balaban J connectivity index is 1.87. The summed E-state index contributed by atoms with van der Waals surface area (Å²) in [7, 11) is 0. The summed E-state index contributed by atoms with van der Waals surface area (Å²) >= 11 is 3.44.